The molecule has 0 fully saturated rings. The van der Waals surface area contributed by atoms with Gasteiger partial charge in [-0.3, -0.25) is 0 Å². The summed E-state index contributed by atoms with van der Waals surface area (Å²) in [5.74, 6) is 0.570. The van der Waals surface area contributed by atoms with Gasteiger partial charge in [-0.25, -0.2) is 0 Å². The van der Waals surface area contributed by atoms with Gasteiger partial charge in [-0.05, 0) is 57.9 Å². The van der Waals surface area contributed by atoms with Crippen LogP contribution in [0.1, 0.15) is 26.7 Å². The first-order valence-electron chi connectivity index (χ1n) is 5.94. The topological polar surface area (TPSA) is 0 Å². The molecule has 0 bridgehead atoms. The van der Waals surface area contributed by atoms with Gasteiger partial charge in [0, 0.05) is 3.58 Å². The summed E-state index contributed by atoms with van der Waals surface area (Å²) in [5, 5.41) is 0. The van der Waals surface area contributed by atoms with Crippen molar-refractivity contribution in [3.8, 4) is 0 Å². The molecule has 1 atom stereocenters. The van der Waals surface area contributed by atoms with Gasteiger partial charge in [0.2, 0.25) is 0 Å². The average Bonchev–Trinajstić information content (AvgIpc) is 2.55. The van der Waals surface area contributed by atoms with Crippen LogP contribution in [0.4, 0.5) is 0 Å². The Morgan fingerprint density at radius 2 is 2.00 bits per heavy atom. The molecule has 0 saturated carbocycles. The Balaban J connectivity index is 2.98. The van der Waals surface area contributed by atoms with Crippen molar-refractivity contribution in [3.05, 3.63) is 58.8 Å². The molecule has 1 rings (SSSR count). The number of rotatable bonds is 5. The maximum Gasteiger partial charge on any atom is 0.00843 e. The number of hydrogen-bond acceptors (Lipinski definition) is 0. The molecule has 1 aliphatic carbocycles. The zero-order valence-corrected chi connectivity index (χ0v) is 13.0. The van der Waals surface area contributed by atoms with Crippen LogP contribution in [0.25, 0.3) is 0 Å². The standard InChI is InChI=1S/C16H21I/c1-6-13(17)10-9-12-11-16(4,5)15(8-3)14(12)7-2/h6-8,10,12H,1-3,9,11H2,4-5H3/b13-10+. The fourth-order valence-corrected chi connectivity index (χ4v) is 2.92. The quantitative estimate of drug-likeness (QED) is 0.452. The molecule has 0 aromatic heterocycles. The molecule has 17 heavy (non-hydrogen) atoms. The van der Waals surface area contributed by atoms with Gasteiger partial charge in [-0.15, -0.1) is 0 Å². The second kappa shape index (κ2) is 5.85. The predicted molar refractivity (Wildman–Crippen MR) is 86.2 cm³/mol. The first-order valence-corrected chi connectivity index (χ1v) is 7.01. The molecule has 0 radical (unpaired) electrons. The van der Waals surface area contributed by atoms with Crippen LogP contribution in [0.5, 0.6) is 0 Å². The molecule has 0 spiro atoms. The third-order valence-corrected chi connectivity index (χ3v) is 4.33. The van der Waals surface area contributed by atoms with E-state index < -0.39 is 0 Å². The second-order valence-corrected chi connectivity index (χ2v) is 6.34. The van der Waals surface area contributed by atoms with Crippen molar-refractivity contribution in [2.45, 2.75) is 26.7 Å². The van der Waals surface area contributed by atoms with E-state index in [2.05, 4.69) is 62.3 Å². The normalized spacial score (nSPS) is 23.7. The molecule has 0 nitrogen and oxygen atoms in total. The zero-order valence-electron chi connectivity index (χ0n) is 10.8. The second-order valence-electron chi connectivity index (χ2n) is 5.09. The molecule has 0 N–H and O–H groups in total. The molecule has 1 aliphatic rings. The fourth-order valence-electron chi connectivity index (χ4n) is 2.67. The zero-order chi connectivity index (χ0) is 13.1. The number of halogens is 1. The van der Waals surface area contributed by atoms with Crippen LogP contribution in [-0.4, -0.2) is 0 Å². The fraction of sp³-hybridized carbons (Fsp3) is 0.375. The van der Waals surface area contributed by atoms with Crippen molar-refractivity contribution in [3.63, 3.8) is 0 Å². The summed E-state index contributed by atoms with van der Waals surface area (Å²) in [6, 6.07) is 0. The smallest absolute Gasteiger partial charge is 0.00843 e. The summed E-state index contributed by atoms with van der Waals surface area (Å²) in [6.07, 6.45) is 10.4. The molecule has 0 heterocycles. The maximum atomic E-state index is 3.96. The monoisotopic (exact) mass is 340 g/mol. The highest BCUT2D eigenvalue weighted by Crippen LogP contribution is 2.48. The molecule has 0 amide bonds. The highest BCUT2D eigenvalue weighted by Gasteiger charge is 2.35. The minimum Gasteiger partial charge on any atom is -0.0988 e. The average molecular weight is 340 g/mol. The van der Waals surface area contributed by atoms with E-state index in [4.69, 9.17) is 0 Å². The van der Waals surface area contributed by atoms with Gasteiger partial charge < -0.3 is 0 Å². The Bertz CT molecular complexity index is 394. The number of hydrogen-bond donors (Lipinski definition) is 0. The molecule has 1 heteroatoms. The van der Waals surface area contributed by atoms with Gasteiger partial charge >= 0.3 is 0 Å². The van der Waals surface area contributed by atoms with Gasteiger partial charge in [0.25, 0.3) is 0 Å². The Hall–Kier alpha value is -0.570. The van der Waals surface area contributed by atoms with Gasteiger partial charge in [0.15, 0.2) is 0 Å². The van der Waals surface area contributed by atoms with Crippen LogP contribution in [0.3, 0.4) is 0 Å². The molecule has 0 aliphatic heterocycles. The van der Waals surface area contributed by atoms with Crippen LogP contribution >= 0.6 is 22.6 Å². The summed E-state index contributed by atoms with van der Waals surface area (Å²) >= 11 is 2.32. The van der Waals surface area contributed by atoms with Crippen LogP contribution in [-0.2, 0) is 0 Å². The molecule has 1 unspecified atom stereocenters. The van der Waals surface area contributed by atoms with Crippen molar-refractivity contribution >= 4 is 22.6 Å². The number of allylic oxidation sites excluding steroid dienone is 7. The van der Waals surface area contributed by atoms with E-state index in [1.165, 1.54) is 21.1 Å². The first-order chi connectivity index (χ1) is 7.96. The van der Waals surface area contributed by atoms with Crippen molar-refractivity contribution in [2.24, 2.45) is 11.3 Å². The predicted octanol–water partition coefficient (Wildman–Crippen LogP) is 5.60. The molecule has 0 aromatic rings. The van der Waals surface area contributed by atoms with Crippen molar-refractivity contribution in [1.82, 2.24) is 0 Å². The van der Waals surface area contributed by atoms with E-state index >= 15 is 0 Å². The lowest BCUT2D eigenvalue weighted by molar-refractivity contribution is 0.396. The van der Waals surface area contributed by atoms with Crippen LogP contribution in [0.2, 0.25) is 0 Å². The van der Waals surface area contributed by atoms with Gasteiger partial charge in [0.1, 0.15) is 0 Å². The van der Waals surface area contributed by atoms with Crippen molar-refractivity contribution < 1.29 is 0 Å². The Morgan fingerprint density at radius 3 is 2.47 bits per heavy atom. The first kappa shape index (κ1) is 14.5. The third-order valence-electron chi connectivity index (χ3n) is 3.45. The SMILES string of the molecule is C=CC1=C(C=C)C(C)(C)CC1C/C=C(/I)C=C. The lowest BCUT2D eigenvalue weighted by Gasteiger charge is -2.20. The minimum atomic E-state index is 0.226. The van der Waals surface area contributed by atoms with Gasteiger partial charge in [-0.1, -0.05) is 57.9 Å². The highest BCUT2D eigenvalue weighted by atomic mass is 127. The Kier molecular flexibility index (Phi) is 4.99. The third kappa shape index (κ3) is 3.21. The van der Waals surface area contributed by atoms with Gasteiger partial charge in [0.05, 0.1) is 0 Å². The molecule has 92 valence electrons. The summed E-state index contributed by atoms with van der Waals surface area (Å²) in [5.41, 5.74) is 2.96. The van der Waals surface area contributed by atoms with E-state index in [0.717, 1.165) is 6.42 Å². The highest BCUT2D eigenvalue weighted by molar-refractivity contribution is 14.1. The molecule has 0 aromatic carbocycles. The Morgan fingerprint density at radius 1 is 1.35 bits per heavy atom. The molecular formula is C16H21I. The van der Waals surface area contributed by atoms with Crippen LogP contribution < -0.4 is 0 Å². The maximum absolute atomic E-state index is 3.96. The largest absolute Gasteiger partial charge is 0.0988 e. The van der Waals surface area contributed by atoms with E-state index in [9.17, 15) is 0 Å². The van der Waals surface area contributed by atoms with E-state index in [0.29, 0.717) is 5.92 Å². The lowest BCUT2D eigenvalue weighted by atomic mass is 9.84. The van der Waals surface area contributed by atoms with E-state index in [-0.39, 0.29) is 5.41 Å². The van der Waals surface area contributed by atoms with E-state index in [1.807, 2.05) is 18.2 Å². The Labute approximate surface area is 119 Å². The van der Waals surface area contributed by atoms with Crippen LogP contribution in [0.15, 0.2) is 58.8 Å². The lowest BCUT2D eigenvalue weighted by Crippen LogP contribution is -2.09. The minimum absolute atomic E-state index is 0.226. The van der Waals surface area contributed by atoms with E-state index in [1.54, 1.807) is 0 Å². The summed E-state index contributed by atoms with van der Waals surface area (Å²) in [7, 11) is 0. The van der Waals surface area contributed by atoms with Crippen molar-refractivity contribution in [1.29, 1.82) is 0 Å². The molecule has 0 saturated heterocycles. The van der Waals surface area contributed by atoms with Crippen molar-refractivity contribution in [2.75, 3.05) is 0 Å². The summed E-state index contributed by atoms with van der Waals surface area (Å²) in [6.45, 7) is 16.3. The van der Waals surface area contributed by atoms with Crippen LogP contribution in [0, 0.1) is 11.3 Å². The molecular weight excluding hydrogens is 319 g/mol. The summed E-state index contributed by atoms with van der Waals surface area (Å²) < 4.78 is 1.22. The van der Waals surface area contributed by atoms with Gasteiger partial charge in [-0.2, -0.15) is 0 Å². The summed E-state index contributed by atoms with van der Waals surface area (Å²) in [4.78, 5) is 0.